The van der Waals surface area contributed by atoms with Gasteiger partial charge in [-0.3, -0.25) is 4.68 Å². The highest BCUT2D eigenvalue weighted by atomic mass is 35.5. The molecule has 0 amide bonds. The third kappa shape index (κ3) is 3.98. The molecule has 0 saturated carbocycles. The summed E-state index contributed by atoms with van der Waals surface area (Å²) in [5.41, 5.74) is 1.59. The molecule has 1 N–H and O–H groups in total. The first-order valence-electron chi connectivity index (χ1n) is 6.19. The van der Waals surface area contributed by atoms with Crippen LogP contribution in [0.15, 0.2) is 24.4 Å². The molecule has 2 aromatic rings. The fourth-order valence-corrected chi connectivity index (χ4v) is 2.43. The maximum atomic E-state index is 12.2. The Balaban J connectivity index is 2.11. The second-order valence-electron chi connectivity index (χ2n) is 4.14. The van der Waals surface area contributed by atoms with Gasteiger partial charge in [-0.05, 0) is 25.1 Å². The van der Waals surface area contributed by atoms with Gasteiger partial charge in [0.1, 0.15) is 0 Å². The second kappa shape index (κ2) is 6.95. The van der Waals surface area contributed by atoms with Crippen molar-refractivity contribution in [1.82, 2.24) is 9.78 Å². The monoisotopic (exact) mass is 335 g/mol. The molecule has 4 nitrogen and oxygen atoms in total. The third-order valence-corrected chi connectivity index (χ3v) is 3.34. The van der Waals surface area contributed by atoms with Crippen LogP contribution in [0.1, 0.15) is 12.6 Å². The first kappa shape index (κ1) is 15.9. The highest BCUT2D eigenvalue weighted by Crippen LogP contribution is 2.37. The summed E-state index contributed by atoms with van der Waals surface area (Å²) in [5, 5.41) is 7.31. The lowest BCUT2D eigenvalue weighted by molar-refractivity contribution is -0.0497. The molecular formula is C13H13Cl2F2N3O. The Bertz CT molecular complexity index is 596. The van der Waals surface area contributed by atoms with Crippen LogP contribution in [0.5, 0.6) is 5.75 Å². The van der Waals surface area contributed by atoms with E-state index in [1.165, 1.54) is 12.1 Å². The topological polar surface area (TPSA) is 39.1 Å². The van der Waals surface area contributed by atoms with E-state index in [2.05, 4.69) is 15.2 Å². The Morgan fingerprint density at radius 1 is 1.33 bits per heavy atom. The van der Waals surface area contributed by atoms with Crippen LogP contribution < -0.4 is 10.1 Å². The van der Waals surface area contributed by atoms with E-state index in [1.807, 2.05) is 17.7 Å². The fourth-order valence-electron chi connectivity index (χ4n) is 1.85. The summed E-state index contributed by atoms with van der Waals surface area (Å²) in [4.78, 5) is 0. The zero-order valence-electron chi connectivity index (χ0n) is 11.1. The lowest BCUT2D eigenvalue weighted by Crippen LogP contribution is -2.08. The molecule has 0 aliphatic rings. The zero-order chi connectivity index (χ0) is 15.4. The molecule has 0 aliphatic heterocycles. The van der Waals surface area contributed by atoms with Crippen LogP contribution in [0.3, 0.4) is 0 Å². The van der Waals surface area contributed by atoms with Crippen LogP contribution in [0, 0.1) is 0 Å². The van der Waals surface area contributed by atoms with Crippen molar-refractivity contribution in [3.8, 4) is 5.75 Å². The molecule has 114 valence electrons. The number of nitrogens with one attached hydrogen (secondary N) is 1. The van der Waals surface area contributed by atoms with Crippen LogP contribution in [-0.4, -0.2) is 16.4 Å². The van der Waals surface area contributed by atoms with Crippen molar-refractivity contribution < 1.29 is 13.5 Å². The van der Waals surface area contributed by atoms with Gasteiger partial charge in [0.2, 0.25) is 0 Å². The number of nitrogens with zero attached hydrogens (tertiary/aromatic N) is 2. The van der Waals surface area contributed by atoms with E-state index in [4.69, 9.17) is 23.2 Å². The van der Waals surface area contributed by atoms with Gasteiger partial charge in [-0.25, -0.2) is 0 Å². The quantitative estimate of drug-likeness (QED) is 0.849. The van der Waals surface area contributed by atoms with E-state index in [-0.39, 0.29) is 15.8 Å². The number of hydrogen-bond acceptors (Lipinski definition) is 3. The number of aromatic nitrogens is 2. The molecule has 0 aliphatic carbocycles. The average molecular weight is 336 g/mol. The summed E-state index contributed by atoms with van der Waals surface area (Å²) in [7, 11) is 0. The maximum absolute atomic E-state index is 12.2. The van der Waals surface area contributed by atoms with Gasteiger partial charge in [0, 0.05) is 18.4 Å². The molecule has 1 heterocycles. The van der Waals surface area contributed by atoms with E-state index in [0.29, 0.717) is 12.2 Å². The number of halogens is 4. The van der Waals surface area contributed by atoms with Crippen LogP contribution in [0.25, 0.3) is 0 Å². The summed E-state index contributed by atoms with van der Waals surface area (Å²) in [6.45, 7) is 0.279. The zero-order valence-corrected chi connectivity index (χ0v) is 12.6. The van der Waals surface area contributed by atoms with Gasteiger partial charge in [-0.15, -0.1) is 0 Å². The largest absolute Gasteiger partial charge is 0.432 e. The van der Waals surface area contributed by atoms with E-state index >= 15 is 0 Å². The fraction of sp³-hybridized carbons (Fsp3) is 0.308. The summed E-state index contributed by atoms with van der Waals surface area (Å²) in [6, 6.07) is 4.85. The van der Waals surface area contributed by atoms with Crippen molar-refractivity contribution in [1.29, 1.82) is 0 Å². The number of rotatable bonds is 6. The van der Waals surface area contributed by atoms with E-state index < -0.39 is 6.61 Å². The number of aryl methyl sites for hydroxylation is 1. The van der Waals surface area contributed by atoms with Crippen molar-refractivity contribution in [2.75, 3.05) is 5.32 Å². The highest BCUT2D eigenvalue weighted by Gasteiger charge is 2.14. The van der Waals surface area contributed by atoms with Gasteiger partial charge < -0.3 is 10.1 Å². The van der Waals surface area contributed by atoms with E-state index in [1.54, 1.807) is 6.20 Å². The molecule has 0 bridgehead atoms. The van der Waals surface area contributed by atoms with Crippen LogP contribution in [0.4, 0.5) is 14.5 Å². The summed E-state index contributed by atoms with van der Waals surface area (Å²) < 4.78 is 30.6. The number of alkyl halides is 2. The standard InChI is InChI=1S/C13H13Cl2F2N3O/c1-2-20-9(3-4-19-20)7-18-8-5-10(14)12(11(15)6-8)21-13(16)17/h3-6,13,18H,2,7H2,1H3. The second-order valence-corrected chi connectivity index (χ2v) is 4.95. The lowest BCUT2D eigenvalue weighted by atomic mass is 10.3. The highest BCUT2D eigenvalue weighted by molar-refractivity contribution is 6.37. The summed E-state index contributed by atoms with van der Waals surface area (Å²) in [6.07, 6.45) is 1.71. The van der Waals surface area contributed by atoms with Crippen LogP contribution in [-0.2, 0) is 13.1 Å². The summed E-state index contributed by atoms with van der Waals surface area (Å²) >= 11 is 11.8. The minimum absolute atomic E-state index is 0.0225. The Labute approximate surface area is 130 Å². The third-order valence-electron chi connectivity index (χ3n) is 2.78. The van der Waals surface area contributed by atoms with Crippen molar-refractivity contribution in [3.63, 3.8) is 0 Å². The maximum Gasteiger partial charge on any atom is 0.387 e. The van der Waals surface area contributed by atoms with Gasteiger partial charge in [0.25, 0.3) is 0 Å². The molecule has 0 spiro atoms. The first-order valence-corrected chi connectivity index (χ1v) is 6.95. The number of benzene rings is 1. The molecule has 0 unspecified atom stereocenters. The normalized spacial score (nSPS) is 11.0. The lowest BCUT2D eigenvalue weighted by Gasteiger charge is -2.12. The van der Waals surface area contributed by atoms with E-state index in [0.717, 1.165) is 12.2 Å². The number of ether oxygens (including phenoxy) is 1. The molecule has 0 fully saturated rings. The van der Waals surface area contributed by atoms with Crippen molar-refractivity contribution in [2.24, 2.45) is 0 Å². The predicted octanol–water partition coefficient (Wildman–Crippen LogP) is 4.42. The molecule has 0 saturated heterocycles. The molecule has 21 heavy (non-hydrogen) atoms. The van der Waals surface area contributed by atoms with Crippen molar-refractivity contribution in [2.45, 2.75) is 26.6 Å². The molecule has 8 heteroatoms. The Hall–Kier alpha value is -1.53. The predicted molar refractivity (Wildman–Crippen MR) is 78.3 cm³/mol. The van der Waals surface area contributed by atoms with Crippen molar-refractivity contribution in [3.05, 3.63) is 40.1 Å². The van der Waals surface area contributed by atoms with Gasteiger partial charge >= 0.3 is 6.61 Å². The van der Waals surface area contributed by atoms with Crippen LogP contribution in [0.2, 0.25) is 10.0 Å². The Morgan fingerprint density at radius 3 is 2.57 bits per heavy atom. The molecular weight excluding hydrogens is 323 g/mol. The molecule has 1 aromatic heterocycles. The van der Waals surface area contributed by atoms with Gasteiger partial charge in [0.15, 0.2) is 5.75 Å². The Morgan fingerprint density at radius 2 is 2.00 bits per heavy atom. The molecule has 0 atom stereocenters. The molecule has 2 rings (SSSR count). The number of anilines is 1. The first-order chi connectivity index (χ1) is 10.0. The minimum atomic E-state index is -2.97. The molecule has 1 aromatic carbocycles. The van der Waals surface area contributed by atoms with E-state index in [9.17, 15) is 8.78 Å². The van der Waals surface area contributed by atoms with Crippen molar-refractivity contribution >= 4 is 28.9 Å². The Kier molecular flexibility index (Phi) is 5.25. The summed E-state index contributed by atoms with van der Waals surface area (Å²) in [5.74, 6) is -0.225. The molecule has 0 radical (unpaired) electrons. The minimum Gasteiger partial charge on any atom is -0.432 e. The smallest absolute Gasteiger partial charge is 0.387 e. The number of hydrogen-bond donors (Lipinski definition) is 1. The average Bonchev–Trinajstić information content (AvgIpc) is 2.87. The van der Waals surface area contributed by atoms with Crippen LogP contribution >= 0.6 is 23.2 Å². The van der Waals surface area contributed by atoms with Gasteiger partial charge in [0.05, 0.1) is 22.3 Å². The van der Waals surface area contributed by atoms with Gasteiger partial charge in [-0.2, -0.15) is 13.9 Å². The SMILES string of the molecule is CCn1nccc1CNc1cc(Cl)c(OC(F)F)c(Cl)c1. The van der Waals surface area contributed by atoms with Gasteiger partial charge in [-0.1, -0.05) is 23.2 Å².